The van der Waals surface area contributed by atoms with Crippen LogP contribution in [0.5, 0.6) is 0 Å². The zero-order valence-corrected chi connectivity index (χ0v) is 16.2. The molecule has 1 aromatic rings. The molecule has 1 amide bonds. The van der Waals surface area contributed by atoms with Gasteiger partial charge in [0.1, 0.15) is 11.9 Å². The average Bonchev–Trinajstić information content (AvgIpc) is 3.08. The number of hydrogen-bond acceptors (Lipinski definition) is 4. The molecule has 2 N–H and O–H groups in total. The van der Waals surface area contributed by atoms with Gasteiger partial charge in [0.25, 0.3) is 0 Å². The fourth-order valence-electron chi connectivity index (χ4n) is 4.47. The van der Waals surface area contributed by atoms with Crippen molar-refractivity contribution < 1.29 is 14.7 Å². The molecule has 3 unspecified atom stereocenters. The molecule has 1 aromatic heterocycles. The molecule has 144 valence electrons. The molecule has 0 radical (unpaired) electrons. The number of nitrogens with one attached hydrogen (secondary N) is 1. The van der Waals surface area contributed by atoms with Gasteiger partial charge in [-0.15, -0.1) is 0 Å². The van der Waals surface area contributed by atoms with E-state index in [1.807, 2.05) is 43.3 Å². The molecule has 3 rings (SSSR count). The summed E-state index contributed by atoms with van der Waals surface area (Å²) in [4.78, 5) is 26.3. The standard InChI is InChI=1S/C19H30N4O3/c1-12-9-16(23(21-12)19(2,3)4)20-17(24)11-22-14-8-6-5-7-13(14)10-15(22)18(25)26/h9,13-15H,5-8,10-11H2,1-4H3,(H,20,24)(H,25,26). The number of rotatable bonds is 4. The Kier molecular flexibility index (Phi) is 5.10. The van der Waals surface area contributed by atoms with E-state index in [-0.39, 0.29) is 24.0 Å². The number of nitrogens with zero attached hydrogens (tertiary/aromatic N) is 3. The molecule has 0 spiro atoms. The highest BCUT2D eigenvalue weighted by molar-refractivity contribution is 5.92. The third-order valence-electron chi connectivity index (χ3n) is 5.57. The molecule has 0 bridgehead atoms. The zero-order valence-electron chi connectivity index (χ0n) is 16.2. The molecule has 7 nitrogen and oxygen atoms in total. The summed E-state index contributed by atoms with van der Waals surface area (Å²) in [6.07, 6.45) is 4.99. The quantitative estimate of drug-likeness (QED) is 0.860. The Morgan fingerprint density at radius 2 is 2.00 bits per heavy atom. The Labute approximate surface area is 154 Å². The average molecular weight is 362 g/mol. The first-order valence-corrected chi connectivity index (χ1v) is 9.52. The third-order valence-corrected chi connectivity index (χ3v) is 5.57. The van der Waals surface area contributed by atoms with Crippen molar-refractivity contribution in [2.75, 3.05) is 11.9 Å². The SMILES string of the molecule is Cc1cc(NC(=O)CN2C(C(=O)O)CC3CCCCC32)n(C(C)(C)C)n1. The van der Waals surface area contributed by atoms with E-state index in [2.05, 4.69) is 10.4 Å². The smallest absolute Gasteiger partial charge is 0.320 e. The minimum absolute atomic E-state index is 0.118. The van der Waals surface area contributed by atoms with E-state index in [0.29, 0.717) is 18.2 Å². The number of likely N-dealkylation sites (tertiary alicyclic amines) is 1. The van der Waals surface area contributed by atoms with Crippen LogP contribution in [0.25, 0.3) is 0 Å². The number of carboxylic acid groups (broad SMARTS) is 1. The van der Waals surface area contributed by atoms with Crippen LogP contribution in [-0.4, -0.2) is 50.3 Å². The van der Waals surface area contributed by atoms with Gasteiger partial charge in [-0.2, -0.15) is 5.10 Å². The van der Waals surface area contributed by atoms with Gasteiger partial charge in [0.05, 0.1) is 17.8 Å². The van der Waals surface area contributed by atoms with Crippen LogP contribution >= 0.6 is 0 Å². The summed E-state index contributed by atoms with van der Waals surface area (Å²) in [7, 11) is 0. The fourth-order valence-corrected chi connectivity index (χ4v) is 4.47. The number of anilines is 1. The van der Waals surface area contributed by atoms with Gasteiger partial charge in [-0.3, -0.25) is 14.5 Å². The molecular formula is C19H30N4O3. The lowest BCUT2D eigenvalue weighted by atomic mass is 9.85. The lowest BCUT2D eigenvalue weighted by Gasteiger charge is -2.32. The first kappa shape index (κ1) is 18.9. The molecule has 1 saturated heterocycles. The van der Waals surface area contributed by atoms with Crippen LogP contribution in [-0.2, 0) is 15.1 Å². The Balaban J connectivity index is 1.74. The number of carboxylic acids is 1. The first-order chi connectivity index (χ1) is 12.2. The van der Waals surface area contributed by atoms with E-state index in [1.54, 1.807) is 0 Å². The Hall–Kier alpha value is -1.89. The molecule has 0 aromatic carbocycles. The highest BCUT2D eigenvalue weighted by Crippen LogP contribution is 2.39. The van der Waals surface area contributed by atoms with E-state index in [1.165, 1.54) is 0 Å². The summed E-state index contributed by atoms with van der Waals surface area (Å²) in [5, 5.41) is 17.0. The number of amides is 1. The van der Waals surface area contributed by atoms with Crippen LogP contribution in [0.3, 0.4) is 0 Å². The molecule has 26 heavy (non-hydrogen) atoms. The lowest BCUT2D eigenvalue weighted by Crippen LogP contribution is -2.46. The van der Waals surface area contributed by atoms with E-state index in [0.717, 1.165) is 31.4 Å². The van der Waals surface area contributed by atoms with E-state index < -0.39 is 12.0 Å². The summed E-state index contributed by atoms with van der Waals surface area (Å²) in [5.74, 6) is 0.0712. The van der Waals surface area contributed by atoms with Gasteiger partial charge in [0, 0.05) is 12.1 Å². The topological polar surface area (TPSA) is 87.5 Å². The molecule has 2 heterocycles. The number of carbonyl (C=O) groups excluding carboxylic acids is 1. The zero-order chi connectivity index (χ0) is 19.1. The molecule has 7 heteroatoms. The van der Waals surface area contributed by atoms with Crippen LogP contribution in [0.1, 0.15) is 58.6 Å². The van der Waals surface area contributed by atoms with Crippen molar-refractivity contribution >= 4 is 17.7 Å². The van der Waals surface area contributed by atoms with Gasteiger partial charge in [-0.25, -0.2) is 4.68 Å². The summed E-state index contributed by atoms with van der Waals surface area (Å²) < 4.78 is 1.81. The lowest BCUT2D eigenvalue weighted by molar-refractivity contribution is -0.143. The second-order valence-corrected chi connectivity index (χ2v) is 8.68. The van der Waals surface area contributed by atoms with Gasteiger partial charge in [0.2, 0.25) is 5.91 Å². The van der Waals surface area contributed by atoms with E-state index >= 15 is 0 Å². The second kappa shape index (κ2) is 7.02. The van der Waals surface area contributed by atoms with Crippen molar-refractivity contribution in [1.29, 1.82) is 0 Å². The van der Waals surface area contributed by atoms with E-state index in [9.17, 15) is 14.7 Å². The van der Waals surface area contributed by atoms with Crippen molar-refractivity contribution in [1.82, 2.24) is 14.7 Å². The molecule has 3 atom stereocenters. The number of aryl methyl sites for hydroxylation is 1. The molecule has 2 fully saturated rings. The minimum atomic E-state index is -0.817. The van der Waals surface area contributed by atoms with Gasteiger partial charge in [-0.05, 0) is 52.9 Å². The molecule has 1 aliphatic heterocycles. The predicted octanol–water partition coefficient (Wildman–Crippen LogP) is 2.60. The number of aromatic nitrogens is 2. The molecule has 1 saturated carbocycles. The number of hydrogen-bond donors (Lipinski definition) is 2. The maximum absolute atomic E-state index is 12.7. The van der Waals surface area contributed by atoms with Gasteiger partial charge in [0.15, 0.2) is 0 Å². The Bertz CT molecular complexity index is 691. The predicted molar refractivity (Wildman–Crippen MR) is 99.1 cm³/mol. The summed E-state index contributed by atoms with van der Waals surface area (Å²) in [6.45, 7) is 8.10. The Morgan fingerprint density at radius 3 is 2.65 bits per heavy atom. The number of aliphatic carboxylic acids is 1. The van der Waals surface area contributed by atoms with Crippen LogP contribution in [0.15, 0.2) is 6.07 Å². The Morgan fingerprint density at radius 1 is 1.31 bits per heavy atom. The first-order valence-electron chi connectivity index (χ1n) is 9.52. The monoisotopic (exact) mass is 362 g/mol. The van der Waals surface area contributed by atoms with Crippen LogP contribution in [0.4, 0.5) is 5.82 Å². The van der Waals surface area contributed by atoms with Gasteiger partial charge >= 0.3 is 5.97 Å². The maximum atomic E-state index is 12.7. The normalized spacial score (nSPS) is 26.5. The summed E-state index contributed by atoms with van der Waals surface area (Å²) in [5.41, 5.74) is 0.593. The minimum Gasteiger partial charge on any atom is -0.480 e. The van der Waals surface area contributed by atoms with E-state index in [4.69, 9.17) is 0 Å². The summed E-state index contributed by atoms with van der Waals surface area (Å²) in [6, 6.07) is 1.51. The van der Waals surface area contributed by atoms with Crippen molar-refractivity contribution in [3.05, 3.63) is 11.8 Å². The van der Waals surface area contributed by atoms with Crippen molar-refractivity contribution in [2.45, 2.75) is 77.4 Å². The van der Waals surface area contributed by atoms with Crippen molar-refractivity contribution in [3.8, 4) is 0 Å². The third kappa shape index (κ3) is 3.77. The van der Waals surface area contributed by atoms with Gasteiger partial charge < -0.3 is 10.4 Å². The van der Waals surface area contributed by atoms with Crippen LogP contribution in [0.2, 0.25) is 0 Å². The van der Waals surface area contributed by atoms with Gasteiger partial charge in [-0.1, -0.05) is 12.8 Å². The number of fused-ring (bicyclic) bond motifs is 1. The molecule has 2 aliphatic rings. The highest BCUT2D eigenvalue weighted by Gasteiger charge is 2.45. The maximum Gasteiger partial charge on any atom is 0.320 e. The van der Waals surface area contributed by atoms with Crippen molar-refractivity contribution in [3.63, 3.8) is 0 Å². The number of carbonyl (C=O) groups is 2. The second-order valence-electron chi connectivity index (χ2n) is 8.68. The largest absolute Gasteiger partial charge is 0.480 e. The highest BCUT2D eigenvalue weighted by atomic mass is 16.4. The van der Waals surface area contributed by atoms with Crippen LogP contribution < -0.4 is 5.32 Å². The van der Waals surface area contributed by atoms with Crippen molar-refractivity contribution in [2.24, 2.45) is 5.92 Å². The van der Waals surface area contributed by atoms with Crippen LogP contribution in [0, 0.1) is 12.8 Å². The summed E-state index contributed by atoms with van der Waals surface area (Å²) >= 11 is 0. The fraction of sp³-hybridized carbons (Fsp3) is 0.737. The molecular weight excluding hydrogens is 332 g/mol. The molecule has 1 aliphatic carbocycles.